The first kappa shape index (κ1) is 13.9. The fourth-order valence-electron chi connectivity index (χ4n) is 1.54. The molecule has 2 aromatic rings. The summed E-state index contributed by atoms with van der Waals surface area (Å²) in [5.74, 6) is 0. The Balaban J connectivity index is 0.00000144. The summed E-state index contributed by atoms with van der Waals surface area (Å²) >= 11 is 0. The number of nitrogens with zero attached hydrogens (tertiary/aromatic N) is 2. The van der Waals surface area contributed by atoms with Gasteiger partial charge in [-0.15, -0.1) is 0 Å². The molecule has 0 aliphatic rings. The van der Waals surface area contributed by atoms with Gasteiger partial charge in [0.15, 0.2) is 0 Å². The van der Waals surface area contributed by atoms with E-state index in [2.05, 4.69) is 9.97 Å². The Labute approximate surface area is 128 Å². The Morgan fingerprint density at radius 2 is 2.00 bits per heavy atom. The number of nitrogens with one attached hydrogen (secondary N) is 1. The molecule has 1 N–H and O–H groups in total. The molecule has 0 aliphatic carbocycles. The van der Waals surface area contributed by atoms with Crippen LogP contribution in [0.1, 0.15) is 11.3 Å². The van der Waals surface area contributed by atoms with E-state index >= 15 is 0 Å². The number of aromatic amines is 1. The zero-order valence-corrected chi connectivity index (χ0v) is 8.69. The van der Waals surface area contributed by atoms with Gasteiger partial charge in [0.05, 0.1) is 0 Å². The van der Waals surface area contributed by atoms with Crippen molar-refractivity contribution in [1.82, 2.24) is 9.97 Å². The third-order valence-electron chi connectivity index (χ3n) is 2.35. The van der Waals surface area contributed by atoms with Crippen LogP contribution in [0.2, 0.25) is 0 Å². The molecule has 0 saturated carbocycles. The molecule has 0 fully saturated rings. The number of aryl methyl sites for hydroxylation is 1. The van der Waals surface area contributed by atoms with Crippen molar-refractivity contribution in [2.45, 2.75) is 6.92 Å². The van der Waals surface area contributed by atoms with Gasteiger partial charge in [0.1, 0.15) is 11.6 Å². The summed E-state index contributed by atoms with van der Waals surface area (Å²) in [6, 6.07) is 7.14. The van der Waals surface area contributed by atoms with Crippen molar-refractivity contribution in [1.29, 1.82) is 5.26 Å². The molecule has 0 aromatic carbocycles. The van der Waals surface area contributed by atoms with Gasteiger partial charge in [0.25, 0.3) is 5.56 Å². The summed E-state index contributed by atoms with van der Waals surface area (Å²) in [6.07, 6.45) is 3.35. The number of rotatable bonds is 1. The van der Waals surface area contributed by atoms with Crippen molar-refractivity contribution < 1.29 is 0 Å². The van der Waals surface area contributed by atoms with E-state index in [0.717, 1.165) is 16.8 Å². The molecule has 0 bridgehead atoms. The van der Waals surface area contributed by atoms with Crippen LogP contribution < -0.4 is 5.56 Å². The van der Waals surface area contributed by atoms with Crippen molar-refractivity contribution in [3.05, 3.63) is 52.2 Å². The van der Waals surface area contributed by atoms with Crippen LogP contribution in [0.25, 0.3) is 11.1 Å². The molecule has 0 unspecified atom stereocenters. The van der Waals surface area contributed by atoms with Crippen molar-refractivity contribution in [2.24, 2.45) is 0 Å². The van der Waals surface area contributed by atoms with Gasteiger partial charge in [0.2, 0.25) is 0 Å². The summed E-state index contributed by atoms with van der Waals surface area (Å²) < 4.78 is 0. The Bertz CT molecular complexity index is 614. The van der Waals surface area contributed by atoms with Crippen molar-refractivity contribution in [3.63, 3.8) is 0 Å². The van der Waals surface area contributed by atoms with Crippen LogP contribution in [0.3, 0.4) is 0 Å². The van der Waals surface area contributed by atoms with Crippen molar-refractivity contribution in [3.8, 4) is 17.2 Å². The van der Waals surface area contributed by atoms with Gasteiger partial charge in [0, 0.05) is 23.7 Å². The molecule has 4 nitrogen and oxygen atoms in total. The Morgan fingerprint density at radius 3 is 2.59 bits per heavy atom. The first-order valence-electron chi connectivity index (χ1n) is 4.77. The third-order valence-corrected chi connectivity index (χ3v) is 2.35. The van der Waals surface area contributed by atoms with Gasteiger partial charge in [-0.1, -0.05) is 0 Å². The molecule has 5 heteroatoms. The number of H-pyrrole nitrogens is 1. The van der Waals surface area contributed by atoms with Crippen LogP contribution in [0.5, 0.6) is 0 Å². The van der Waals surface area contributed by atoms with E-state index in [9.17, 15) is 4.79 Å². The van der Waals surface area contributed by atoms with E-state index in [1.165, 1.54) is 0 Å². The molecule has 2 rings (SSSR count). The molecule has 0 aliphatic heterocycles. The molecule has 0 saturated heterocycles. The number of aromatic nitrogens is 2. The van der Waals surface area contributed by atoms with Crippen LogP contribution in [0.15, 0.2) is 35.4 Å². The van der Waals surface area contributed by atoms with Crippen LogP contribution in [0, 0.1) is 18.3 Å². The zero-order valence-electron chi connectivity index (χ0n) is 8.69. The molecule has 0 spiro atoms. The summed E-state index contributed by atoms with van der Waals surface area (Å²) in [5, 5.41) is 8.80. The molecular weight excluding hydrogens is 242 g/mol. The topological polar surface area (TPSA) is 69.5 Å². The SMILES string of the molecule is Cc1[nH]c(=O)c(C#N)cc1-c1ccncc1.[CaH2]. The molecule has 82 valence electrons. The molecule has 0 amide bonds. The Morgan fingerprint density at radius 1 is 1.35 bits per heavy atom. The number of nitriles is 1. The Kier molecular flexibility index (Phi) is 4.88. The number of hydrogen-bond acceptors (Lipinski definition) is 3. The summed E-state index contributed by atoms with van der Waals surface area (Å²) in [4.78, 5) is 17.9. The van der Waals surface area contributed by atoms with Gasteiger partial charge in [-0.05, 0) is 30.7 Å². The molecule has 0 atom stereocenters. The van der Waals surface area contributed by atoms with Gasteiger partial charge >= 0.3 is 37.7 Å². The van der Waals surface area contributed by atoms with Crippen molar-refractivity contribution >= 4 is 37.7 Å². The second-order valence-corrected chi connectivity index (χ2v) is 3.40. The Hall–Kier alpha value is -1.15. The quantitative estimate of drug-likeness (QED) is 0.761. The minimum atomic E-state index is -0.349. The normalized spacial score (nSPS) is 9.18. The second kappa shape index (κ2) is 5.97. The average molecular weight is 253 g/mol. The van der Waals surface area contributed by atoms with E-state index in [0.29, 0.717) is 0 Å². The first-order chi connectivity index (χ1) is 7.72. The molecule has 2 heterocycles. The van der Waals surface area contributed by atoms with Gasteiger partial charge in [-0.25, -0.2) is 0 Å². The summed E-state index contributed by atoms with van der Waals surface area (Å²) in [7, 11) is 0. The third kappa shape index (κ3) is 2.95. The van der Waals surface area contributed by atoms with E-state index < -0.39 is 0 Å². The number of pyridine rings is 2. The van der Waals surface area contributed by atoms with E-state index in [4.69, 9.17) is 5.26 Å². The van der Waals surface area contributed by atoms with Gasteiger partial charge < -0.3 is 4.98 Å². The van der Waals surface area contributed by atoms with E-state index in [-0.39, 0.29) is 48.9 Å². The molecule has 17 heavy (non-hydrogen) atoms. The average Bonchev–Trinajstić information content (AvgIpc) is 2.30. The maximum absolute atomic E-state index is 11.4. The minimum absolute atomic E-state index is 0. The fraction of sp³-hybridized carbons (Fsp3) is 0.0833. The van der Waals surface area contributed by atoms with Crippen LogP contribution in [-0.4, -0.2) is 47.7 Å². The van der Waals surface area contributed by atoms with Crippen molar-refractivity contribution in [2.75, 3.05) is 0 Å². The van der Waals surface area contributed by atoms with Gasteiger partial charge in [-0.2, -0.15) is 5.26 Å². The van der Waals surface area contributed by atoms with Crippen LogP contribution in [-0.2, 0) is 0 Å². The zero-order chi connectivity index (χ0) is 11.5. The standard InChI is InChI=1S/C12H9N3O.Ca.2H/c1-8-11(9-2-4-14-5-3-9)6-10(7-13)12(16)15-8;;;/h2-6H,1H3,(H,15,16);;;. The van der Waals surface area contributed by atoms with Crippen LogP contribution >= 0.6 is 0 Å². The van der Waals surface area contributed by atoms with E-state index in [1.54, 1.807) is 25.4 Å². The molecular formula is C12H11CaN3O. The monoisotopic (exact) mass is 253 g/mol. The van der Waals surface area contributed by atoms with Gasteiger partial charge in [-0.3, -0.25) is 9.78 Å². The fourth-order valence-corrected chi connectivity index (χ4v) is 1.54. The molecule has 2 aromatic heterocycles. The summed E-state index contributed by atoms with van der Waals surface area (Å²) in [6.45, 7) is 1.80. The van der Waals surface area contributed by atoms with Crippen LogP contribution in [0.4, 0.5) is 0 Å². The first-order valence-corrected chi connectivity index (χ1v) is 4.77. The second-order valence-electron chi connectivity index (χ2n) is 3.40. The van der Waals surface area contributed by atoms with E-state index in [1.807, 2.05) is 18.2 Å². The maximum atomic E-state index is 11.4. The predicted octanol–water partition coefficient (Wildman–Crippen LogP) is 0.701. The predicted molar refractivity (Wildman–Crippen MR) is 68.3 cm³/mol. The summed E-state index contributed by atoms with van der Waals surface area (Å²) in [5.41, 5.74) is 2.30. The molecule has 0 radical (unpaired) electrons. The number of hydrogen-bond donors (Lipinski definition) is 1.